The second kappa shape index (κ2) is 6.33. The Hall–Kier alpha value is -1.66. The van der Waals surface area contributed by atoms with Crippen molar-refractivity contribution in [3.05, 3.63) is 33.7 Å². The van der Waals surface area contributed by atoms with Crippen LogP contribution >= 0.6 is 0 Å². The highest BCUT2D eigenvalue weighted by Gasteiger charge is 2.52. The van der Waals surface area contributed by atoms with E-state index >= 15 is 0 Å². The molecule has 2 N–H and O–H groups in total. The highest BCUT2D eigenvalue weighted by Crippen LogP contribution is 2.42. The molecular formula is C18H26N2O4. The van der Waals surface area contributed by atoms with Crippen molar-refractivity contribution in [1.29, 1.82) is 0 Å². The predicted molar refractivity (Wildman–Crippen MR) is 90.2 cm³/mol. The number of hydrogen-bond donors (Lipinski definition) is 2. The first-order valence-electron chi connectivity index (χ1n) is 8.65. The van der Waals surface area contributed by atoms with Crippen molar-refractivity contribution in [3.63, 3.8) is 0 Å². The van der Waals surface area contributed by atoms with Crippen molar-refractivity contribution < 1.29 is 14.6 Å². The number of aromatic amines is 1. The lowest BCUT2D eigenvalue weighted by atomic mass is 9.79. The predicted octanol–water partition coefficient (Wildman–Crippen LogP) is 1.64. The minimum absolute atomic E-state index is 0.159. The molecule has 6 heteroatoms. The number of nitrogens with one attached hydrogen (secondary N) is 1. The lowest BCUT2D eigenvalue weighted by Gasteiger charge is -2.42. The van der Waals surface area contributed by atoms with Gasteiger partial charge in [0, 0.05) is 19.3 Å². The summed E-state index contributed by atoms with van der Waals surface area (Å²) < 4.78 is 5.76. The Morgan fingerprint density at radius 3 is 2.79 bits per heavy atom. The molecule has 1 amide bonds. The normalized spacial score (nSPS) is 29.8. The van der Waals surface area contributed by atoms with E-state index in [4.69, 9.17) is 4.74 Å². The van der Waals surface area contributed by atoms with Gasteiger partial charge in [0.05, 0.1) is 17.7 Å². The molecule has 0 spiro atoms. The number of aliphatic hydroxyl groups is 1. The minimum Gasteiger partial charge on any atom is -0.393 e. The molecule has 132 valence electrons. The molecule has 0 radical (unpaired) electrons. The van der Waals surface area contributed by atoms with Gasteiger partial charge in [0.25, 0.3) is 11.5 Å². The summed E-state index contributed by atoms with van der Waals surface area (Å²) in [7, 11) is 1.67. The molecule has 0 bridgehead atoms. The van der Waals surface area contributed by atoms with Gasteiger partial charge in [-0.05, 0) is 43.7 Å². The van der Waals surface area contributed by atoms with E-state index in [2.05, 4.69) is 4.98 Å². The summed E-state index contributed by atoms with van der Waals surface area (Å²) in [5.74, 6) is -0.0761. The molecule has 3 atom stereocenters. The number of carbonyl (C=O) groups is 1. The van der Waals surface area contributed by atoms with E-state index in [1.54, 1.807) is 24.1 Å². The van der Waals surface area contributed by atoms with E-state index in [-0.39, 0.29) is 34.6 Å². The third-order valence-electron chi connectivity index (χ3n) is 5.61. The van der Waals surface area contributed by atoms with E-state index in [1.165, 1.54) is 0 Å². The Balaban J connectivity index is 1.89. The molecule has 2 heterocycles. The van der Waals surface area contributed by atoms with E-state index in [0.29, 0.717) is 19.4 Å². The zero-order chi connectivity index (χ0) is 17.5. The van der Waals surface area contributed by atoms with Gasteiger partial charge in [0.1, 0.15) is 5.56 Å². The van der Waals surface area contributed by atoms with E-state index < -0.39 is 6.10 Å². The van der Waals surface area contributed by atoms with Gasteiger partial charge in [-0.1, -0.05) is 13.8 Å². The van der Waals surface area contributed by atoms with Gasteiger partial charge in [-0.3, -0.25) is 9.59 Å². The number of nitrogens with zero attached hydrogens (tertiary/aromatic N) is 1. The van der Waals surface area contributed by atoms with Crippen molar-refractivity contribution in [2.45, 2.75) is 63.2 Å². The molecule has 24 heavy (non-hydrogen) atoms. The summed E-state index contributed by atoms with van der Waals surface area (Å²) in [6, 6.07) is 3.24. The number of ether oxygens (including phenoxy) is 1. The molecule has 1 saturated carbocycles. The summed E-state index contributed by atoms with van der Waals surface area (Å²) in [5.41, 5.74) is 0.237. The maximum Gasteiger partial charge on any atom is 0.261 e. The fourth-order valence-corrected chi connectivity index (χ4v) is 4.07. The van der Waals surface area contributed by atoms with Crippen molar-refractivity contribution >= 4 is 5.91 Å². The molecule has 1 aromatic rings. The van der Waals surface area contributed by atoms with Crippen molar-refractivity contribution in [3.8, 4) is 0 Å². The topological polar surface area (TPSA) is 82.6 Å². The van der Waals surface area contributed by atoms with Crippen LogP contribution in [0, 0.1) is 0 Å². The van der Waals surface area contributed by atoms with Crippen molar-refractivity contribution in [1.82, 2.24) is 9.88 Å². The molecule has 1 aliphatic carbocycles. The lowest BCUT2D eigenvalue weighted by Crippen LogP contribution is -2.53. The molecule has 1 saturated heterocycles. The van der Waals surface area contributed by atoms with Gasteiger partial charge in [-0.25, -0.2) is 0 Å². The zero-order valence-electron chi connectivity index (χ0n) is 14.5. The second-order valence-corrected chi connectivity index (χ2v) is 7.27. The van der Waals surface area contributed by atoms with Crippen LogP contribution in [0.3, 0.4) is 0 Å². The molecular weight excluding hydrogens is 308 g/mol. The number of carbonyl (C=O) groups excluding carboxylic acids is 1. The van der Waals surface area contributed by atoms with Crippen LogP contribution in [0.25, 0.3) is 0 Å². The standard InChI is InChI=1S/C18H26N2O4/c1-11(2)14-5-4-13(16(22)19-14)17(23)20-9-8-18(24-3)7-6-12(21)10-15(18)20/h4-5,11-12,15,21H,6-10H2,1-3H3,(H,19,22)/t12-,15+,18-/m1/s1. The first-order chi connectivity index (χ1) is 11.4. The monoisotopic (exact) mass is 334 g/mol. The van der Waals surface area contributed by atoms with Gasteiger partial charge in [-0.15, -0.1) is 0 Å². The molecule has 2 aliphatic rings. The summed E-state index contributed by atoms with van der Waals surface area (Å²) in [4.78, 5) is 29.8. The van der Waals surface area contributed by atoms with Gasteiger partial charge in [0.15, 0.2) is 0 Å². The number of fused-ring (bicyclic) bond motifs is 1. The fourth-order valence-electron chi connectivity index (χ4n) is 4.07. The Kier molecular flexibility index (Phi) is 4.53. The fraction of sp³-hybridized carbons (Fsp3) is 0.667. The van der Waals surface area contributed by atoms with Gasteiger partial charge in [0.2, 0.25) is 0 Å². The number of hydrogen-bond acceptors (Lipinski definition) is 4. The Morgan fingerprint density at radius 1 is 1.42 bits per heavy atom. The Bertz CT molecular complexity index is 684. The van der Waals surface area contributed by atoms with E-state index in [1.807, 2.05) is 13.8 Å². The van der Waals surface area contributed by atoms with Crippen LogP contribution in [0.1, 0.15) is 61.5 Å². The van der Waals surface area contributed by atoms with Crippen LogP contribution in [0.2, 0.25) is 0 Å². The number of aliphatic hydroxyl groups excluding tert-OH is 1. The van der Waals surface area contributed by atoms with E-state index in [9.17, 15) is 14.7 Å². The van der Waals surface area contributed by atoms with Crippen molar-refractivity contribution in [2.75, 3.05) is 13.7 Å². The van der Waals surface area contributed by atoms with E-state index in [0.717, 1.165) is 18.5 Å². The van der Waals surface area contributed by atoms with Crippen LogP contribution in [-0.4, -0.2) is 52.3 Å². The molecule has 0 unspecified atom stereocenters. The first-order valence-corrected chi connectivity index (χ1v) is 8.65. The Labute approximate surface area is 141 Å². The Morgan fingerprint density at radius 2 is 2.17 bits per heavy atom. The summed E-state index contributed by atoms with van der Waals surface area (Å²) in [6.07, 6.45) is 2.25. The molecule has 1 aromatic heterocycles. The molecule has 2 fully saturated rings. The number of amides is 1. The van der Waals surface area contributed by atoms with Crippen LogP contribution < -0.4 is 5.56 Å². The largest absolute Gasteiger partial charge is 0.393 e. The average Bonchev–Trinajstić information content (AvgIpc) is 2.93. The highest BCUT2D eigenvalue weighted by molar-refractivity contribution is 5.94. The number of methoxy groups -OCH3 is 1. The summed E-state index contributed by atoms with van der Waals surface area (Å²) in [6.45, 7) is 4.53. The summed E-state index contributed by atoms with van der Waals surface area (Å²) >= 11 is 0. The van der Waals surface area contributed by atoms with Crippen molar-refractivity contribution in [2.24, 2.45) is 0 Å². The van der Waals surface area contributed by atoms with Gasteiger partial charge >= 0.3 is 0 Å². The van der Waals surface area contributed by atoms with Crippen LogP contribution in [0.15, 0.2) is 16.9 Å². The second-order valence-electron chi connectivity index (χ2n) is 7.27. The maximum atomic E-state index is 12.9. The lowest BCUT2D eigenvalue weighted by molar-refractivity contribution is -0.0824. The number of aromatic nitrogens is 1. The zero-order valence-corrected chi connectivity index (χ0v) is 14.5. The number of H-pyrrole nitrogens is 1. The molecule has 0 aromatic carbocycles. The highest BCUT2D eigenvalue weighted by atomic mass is 16.5. The van der Waals surface area contributed by atoms with Crippen LogP contribution in [0.5, 0.6) is 0 Å². The molecule has 6 nitrogen and oxygen atoms in total. The number of pyridine rings is 1. The quantitative estimate of drug-likeness (QED) is 0.880. The van der Waals surface area contributed by atoms with Gasteiger partial charge < -0.3 is 19.7 Å². The van der Waals surface area contributed by atoms with Gasteiger partial charge in [-0.2, -0.15) is 0 Å². The average molecular weight is 334 g/mol. The maximum absolute atomic E-state index is 12.9. The number of likely N-dealkylation sites (tertiary alicyclic amines) is 1. The molecule has 1 aliphatic heterocycles. The smallest absolute Gasteiger partial charge is 0.261 e. The molecule has 3 rings (SSSR count). The number of rotatable bonds is 3. The third kappa shape index (κ3) is 2.78. The SMILES string of the molecule is CO[C@@]12CC[C@@H](O)C[C@@H]1N(C(=O)c1ccc(C(C)C)[nH]c1=O)CC2. The first kappa shape index (κ1) is 17.2. The van der Waals surface area contributed by atoms with Crippen LogP contribution in [0.4, 0.5) is 0 Å². The summed E-state index contributed by atoms with van der Waals surface area (Å²) in [5, 5.41) is 10.0. The third-order valence-corrected chi connectivity index (χ3v) is 5.61. The minimum atomic E-state index is -0.423. The van der Waals surface area contributed by atoms with Crippen LogP contribution in [-0.2, 0) is 4.74 Å².